The van der Waals surface area contributed by atoms with Gasteiger partial charge in [0.1, 0.15) is 0 Å². The Morgan fingerprint density at radius 2 is 1.25 bits per heavy atom. The summed E-state index contributed by atoms with van der Waals surface area (Å²) in [6.07, 6.45) is 12.7. The van der Waals surface area contributed by atoms with Crippen molar-refractivity contribution in [2.75, 3.05) is 21.1 Å². The van der Waals surface area contributed by atoms with E-state index in [2.05, 4.69) is 35.0 Å². The molecule has 0 saturated heterocycles. The molecule has 1 nitrogen and oxygen atoms in total. The topological polar surface area (TPSA) is 0 Å². The molecule has 0 aliphatic heterocycles. The van der Waals surface area contributed by atoms with Gasteiger partial charge in [-0.05, 0) is 19.3 Å². The highest BCUT2D eigenvalue weighted by molar-refractivity contribution is 4.56. The maximum Gasteiger partial charge on any atom is 0.0881 e. The van der Waals surface area contributed by atoms with Crippen molar-refractivity contribution in [3.8, 4) is 0 Å². The molecule has 0 spiro atoms. The van der Waals surface area contributed by atoms with Crippen LogP contribution in [0, 0.1) is 0 Å². The third-order valence-electron chi connectivity index (χ3n) is 3.71. The predicted octanol–water partition coefficient (Wildman–Crippen LogP) is 4.61. The first kappa shape index (κ1) is 16.0. The van der Waals surface area contributed by atoms with Crippen LogP contribution < -0.4 is 0 Å². The van der Waals surface area contributed by atoms with Crippen molar-refractivity contribution in [3.05, 3.63) is 0 Å². The van der Waals surface area contributed by atoms with E-state index in [-0.39, 0.29) is 0 Å². The zero-order chi connectivity index (χ0) is 12.4. The van der Waals surface area contributed by atoms with Crippen LogP contribution in [0.1, 0.15) is 71.6 Å². The Balaban J connectivity index is 3.42. The summed E-state index contributed by atoms with van der Waals surface area (Å²) in [5, 5.41) is 0. The third-order valence-corrected chi connectivity index (χ3v) is 3.71. The first-order chi connectivity index (χ1) is 7.52. The molecule has 1 atom stereocenters. The van der Waals surface area contributed by atoms with Crippen LogP contribution in [0.15, 0.2) is 0 Å². The second kappa shape index (κ2) is 9.04. The van der Waals surface area contributed by atoms with Crippen molar-refractivity contribution in [1.82, 2.24) is 0 Å². The Labute approximate surface area is 104 Å². The van der Waals surface area contributed by atoms with Crippen LogP contribution in [0.25, 0.3) is 0 Å². The van der Waals surface area contributed by atoms with Gasteiger partial charge in [-0.25, -0.2) is 0 Å². The fourth-order valence-corrected chi connectivity index (χ4v) is 2.48. The average Bonchev–Trinajstić information content (AvgIpc) is 2.20. The lowest BCUT2D eigenvalue weighted by Gasteiger charge is -2.33. The van der Waals surface area contributed by atoms with Gasteiger partial charge in [0.05, 0.1) is 27.2 Å². The molecule has 0 saturated carbocycles. The molecule has 0 fully saturated rings. The second-order valence-electron chi connectivity index (χ2n) is 6.09. The van der Waals surface area contributed by atoms with Crippen molar-refractivity contribution < 1.29 is 4.48 Å². The van der Waals surface area contributed by atoms with Gasteiger partial charge in [-0.15, -0.1) is 0 Å². The predicted molar refractivity (Wildman–Crippen MR) is 74.7 cm³/mol. The highest BCUT2D eigenvalue weighted by Crippen LogP contribution is 2.16. The lowest BCUT2D eigenvalue weighted by molar-refractivity contribution is -0.896. The minimum absolute atomic E-state index is 0.857. The summed E-state index contributed by atoms with van der Waals surface area (Å²) in [6, 6.07) is 0.857. The normalized spacial score (nSPS) is 14.1. The summed E-state index contributed by atoms with van der Waals surface area (Å²) >= 11 is 0. The van der Waals surface area contributed by atoms with Gasteiger partial charge in [0.25, 0.3) is 0 Å². The maximum absolute atomic E-state index is 2.33. The maximum atomic E-state index is 2.33. The summed E-state index contributed by atoms with van der Waals surface area (Å²) in [5.74, 6) is 0. The van der Waals surface area contributed by atoms with Crippen LogP contribution in [0.5, 0.6) is 0 Å². The first-order valence-corrected chi connectivity index (χ1v) is 7.33. The number of rotatable bonds is 10. The molecule has 0 aliphatic carbocycles. The van der Waals surface area contributed by atoms with E-state index in [4.69, 9.17) is 0 Å². The van der Waals surface area contributed by atoms with Gasteiger partial charge in [0.15, 0.2) is 0 Å². The molecule has 0 radical (unpaired) electrons. The second-order valence-corrected chi connectivity index (χ2v) is 6.09. The molecule has 0 amide bonds. The van der Waals surface area contributed by atoms with Crippen molar-refractivity contribution in [2.45, 2.75) is 77.7 Å². The van der Waals surface area contributed by atoms with Gasteiger partial charge in [-0.2, -0.15) is 0 Å². The van der Waals surface area contributed by atoms with E-state index in [0.29, 0.717) is 0 Å². The number of hydrogen-bond donors (Lipinski definition) is 0. The van der Waals surface area contributed by atoms with Crippen LogP contribution in [0.3, 0.4) is 0 Å². The van der Waals surface area contributed by atoms with Crippen LogP contribution >= 0.6 is 0 Å². The monoisotopic (exact) mass is 228 g/mol. The zero-order valence-electron chi connectivity index (χ0n) is 12.4. The van der Waals surface area contributed by atoms with Crippen LogP contribution in [-0.4, -0.2) is 31.7 Å². The van der Waals surface area contributed by atoms with E-state index >= 15 is 0 Å². The molecule has 98 valence electrons. The molecule has 1 heteroatoms. The lowest BCUT2D eigenvalue weighted by atomic mass is 10.0. The van der Waals surface area contributed by atoms with E-state index in [1.54, 1.807) is 0 Å². The fourth-order valence-electron chi connectivity index (χ4n) is 2.48. The van der Waals surface area contributed by atoms with Gasteiger partial charge in [0.2, 0.25) is 0 Å². The third kappa shape index (κ3) is 8.15. The van der Waals surface area contributed by atoms with Crippen molar-refractivity contribution in [1.29, 1.82) is 0 Å². The Bertz CT molecular complexity index is 146. The van der Waals surface area contributed by atoms with Gasteiger partial charge >= 0.3 is 0 Å². The molecule has 0 aromatic heterocycles. The fraction of sp³-hybridized carbons (Fsp3) is 1.00. The molecule has 0 rings (SSSR count). The van der Waals surface area contributed by atoms with Gasteiger partial charge < -0.3 is 4.48 Å². The summed E-state index contributed by atoms with van der Waals surface area (Å²) in [6.45, 7) is 4.61. The number of quaternary nitrogens is 1. The smallest absolute Gasteiger partial charge is 0.0881 e. The Kier molecular flexibility index (Phi) is 9.02. The summed E-state index contributed by atoms with van der Waals surface area (Å²) in [5.41, 5.74) is 0. The molecule has 0 heterocycles. The van der Waals surface area contributed by atoms with E-state index in [0.717, 1.165) is 10.5 Å². The van der Waals surface area contributed by atoms with Crippen molar-refractivity contribution in [3.63, 3.8) is 0 Å². The summed E-state index contributed by atoms with van der Waals surface area (Å²) in [4.78, 5) is 0. The van der Waals surface area contributed by atoms with Crippen LogP contribution in [0.2, 0.25) is 0 Å². The number of hydrogen-bond acceptors (Lipinski definition) is 0. The number of nitrogens with zero attached hydrogens (tertiary/aromatic N) is 1. The molecule has 16 heavy (non-hydrogen) atoms. The quantitative estimate of drug-likeness (QED) is 0.378. The van der Waals surface area contributed by atoms with Crippen LogP contribution in [-0.2, 0) is 0 Å². The van der Waals surface area contributed by atoms with Gasteiger partial charge in [-0.3, -0.25) is 0 Å². The Morgan fingerprint density at radius 1 is 0.750 bits per heavy atom. The summed E-state index contributed by atoms with van der Waals surface area (Å²) in [7, 11) is 6.99. The van der Waals surface area contributed by atoms with E-state index in [1.807, 2.05) is 0 Å². The molecular formula is C15H34N+. The molecule has 1 unspecified atom stereocenters. The molecular weight excluding hydrogens is 194 g/mol. The Hall–Kier alpha value is -0.0400. The van der Waals surface area contributed by atoms with Crippen molar-refractivity contribution in [2.24, 2.45) is 0 Å². The minimum Gasteiger partial charge on any atom is -0.328 e. The zero-order valence-corrected chi connectivity index (χ0v) is 12.4. The van der Waals surface area contributed by atoms with E-state index < -0.39 is 0 Å². The van der Waals surface area contributed by atoms with Crippen molar-refractivity contribution >= 4 is 0 Å². The average molecular weight is 228 g/mol. The molecule has 0 N–H and O–H groups in total. The highest BCUT2D eigenvalue weighted by atomic mass is 15.3. The lowest BCUT2D eigenvalue weighted by Crippen LogP contribution is -2.44. The molecule has 0 aromatic carbocycles. The molecule has 0 bridgehead atoms. The SMILES string of the molecule is CCCCCCCCCC(CC)[N+](C)(C)C. The molecule has 0 aliphatic rings. The number of unbranched alkanes of at least 4 members (excludes halogenated alkanes) is 6. The van der Waals surface area contributed by atoms with Gasteiger partial charge in [0, 0.05) is 0 Å². The molecule has 0 aromatic rings. The Morgan fingerprint density at radius 3 is 1.69 bits per heavy atom. The van der Waals surface area contributed by atoms with Gasteiger partial charge in [-0.1, -0.05) is 52.4 Å². The summed E-state index contributed by atoms with van der Waals surface area (Å²) < 4.78 is 1.13. The highest BCUT2D eigenvalue weighted by Gasteiger charge is 2.20. The van der Waals surface area contributed by atoms with Crippen LogP contribution in [0.4, 0.5) is 0 Å². The minimum atomic E-state index is 0.857. The van der Waals surface area contributed by atoms with E-state index in [1.165, 1.54) is 57.8 Å². The van der Waals surface area contributed by atoms with E-state index in [9.17, 15) is 0 Å². The largest absolute Gasteiger partial charge is 0.328 e. The standard InChI is InChI=1S/C15H34N/c1-6-8-9-10-11-12-13-14-15(7-2)16(3,4)5/h15H,6-14H2,1-5H3/q+1. The first-order valence-electron chi connectivity index (χ1n) is 7.33.